The number of alkyl halides is 3. The molecule has 1 N–H and O–H groups in total. The third-order valence-electron chi connectivity index (χ3n) is 3.54. The molecule has 1 heterocycles. The van der Waals surface area contributed by atoms with E-state index in [2.05, 4.69) is 10.3 Å². The Morgan fingerprint density at radius 1 is 1.27 bits per heavy atom. The number of aryl methyl sites for hydroxylation is 1. The Kier molecular flexibility index (Phi) is 9.87. The van der Waals surface area contributed by atoms with Crippen LogP contribution in [0.25, 0.3) is 0 Å². The number of nitrogens with one attached hydrogen (secondary N) is 1. The molecule has 30 heavy (non-hydrogen) atoms. The fourth-order valence-corrected chi connectivity index (χ4v) is 3.05. The number of aromatic nitrogens is 1. The predicted octanol–water partition coefficient (Wildman–Crippen LogP) is 4.32. The van der Waals surface area contributed by atoms with Gasteiger partial charge in [0.1, 0.15) is 5.75 Å². The van der Waals surface area contributed by atoms with Crippen molar-refractivity contribution in [1.29, 1.82) is 0 Å². The number of benzene rings is 1. The maximum atomic E-state index is 12.4. The standard InChI is InChI=1S/C18H19F3N2O3S.CO2/c1-3-4-5-15(24)26-14-7-6-12(8-11(14)2)16(25)23-17-22-10-13(27-17)9-18(19,20)21;2-1-3/h6-8,10H,3-5,9H2,1-2H3,(H,22,23,25);. The summed E-state index contributed by atoms with van der Waals surface area (Å²) in [5, 5.41) is 2.56. The highest BCUT2D eigenvalue weighted by Crippen LogP contribution is 2.27. The topological polar surface area (TPSA) is 102 Å². The number of hydrogen-bond acceptors (Lipinski definition) is 7. The Balaban J connectivity index is 0.00000141. The van der Waals surface area contributed by atoms with Gasteiger partial charge in [-0.3, -0.25) is 14.9 Å². The van der Waals surface area contributed by atoms with Gasteiger partial charge in [-0.05, 0) is 37.1 Å². The fourth-order valence-electron chi connectivity index (χ4n) is 2.21. The van der Waals surface area contributed by atoms with Crippen LogP contribution in [0.2, 0.25) is 0 Å². The first-order valence-corrected chi connectivity index (χ1v) is 9.54. The Bertz CT molecular complexity index is 906. The van der Waals surface area contributed by atoms with Crippen molar-refractivity contribution in [2.75, 3.05) is 5.32 Å². The molecule has 0 aliphatic carbocycles. The van der Waals surface area contributed by atoms with Crippen LogP contribution in [0.5, 0.6) is 5.75 Å². The average Bonchev–Trinajstić information content (AvgIpc) is 3.07. The molecular formula is C19H19F3N2O5S. The van der Waals surface area contributed by atoms with E-state index in [1.54, 1.807) is 13.0 Å². The zero-order valence-electron chi connectivity index (χ0n) is 16.2. The van der Waals surface area contributed by atoms with Crippen molar-refractivity contribution in [1.82, 2.24) is 4.98 Å². The van der Waals surface area contributed by atoms with Gasteiger partial charge in [0, 0.05) is 23.1 Å². The molecular weight excluding hydrogens is 425 g/mol. The van der Waals surface area contributed by atoms with E-state index in [4.69, 9.17) is 14.3 Å². The number of amides is 1. The number of rotatable bonds is 7. The van der Waals surface area contributed by atoms with Crippen molar-refractivity contribution in [3.05, 3.63) is 40.4 Å². The van der Waals surface area contributed by atoms with Crippen LogP contribution >= 0.6 is 11.3 Å². The monoisotopic (exact) mass is 444 g/mol. The van der Waals surface area contributed by atoms with E-state index < -0.39 is 18.5 Å². The van der Waals surface area contributed by atoms with Crippen molar-refractivity contribution >= 4 is 34.5 Å². The fraction of sp³-hybridized carbons (Fsp3) is 0.368. The summed E-state index contributed by atoms with van der Waals surface area (Å²) < 4.78 is 42.4. The lowest BCUT2D eigenvalue weighted by atomic mass is 10.1. The number of ether oxygens (including phenoxy) is 1. The SMILES string of the molecule is CCCCC(=O)Oc1ccc(C(=O)Nc2ncc(CC(F)(F)F)s2)cc1C.O=C=O. The molecule has 1 amide bonds. The van der Waals surface area contributed by atoms with Gasteiger partial charge in [0.25, 0.3) is 5.91 Å². The van der Waals surface area contributed by atoms with Crippen LogP contribution in [0.15, 0.2) is 24.4 Å². The summed E-state index contributed by atoms with van der Waals surface area (Å²) in [6.45, 7) is 3.67. The van der Waals surface area contributed by atoms with Gasteiger partial charge in [-0.15, -0.1) is 11.3 Å². The lowest BCUT2D eigenvalue weighted by Crippen LogP contribution is -2.13. The quantitative estimate of drug-likeness (QED) is 0.504. The van der Waals surface area contributed by atoms with E-state index in [1.807, 2.05) is 6.92 Å². The molecule has 162 valence electrons. The van der Waals surface area contributed by atoms with Crippen molar-refractivity contribution < 1.29 is 37.1 Å². The maximum Gasteiger partial charge on any atom is 0.393 e. The third kappa shape index (κ3) is 8.97. The van der Waals surface area contributed by atoms with E-state index in [-0.39, 0.29) is 27.7 Å². The summed E-state index contributed by atoms with van der Waals surface area (Å²) in [7, 11) is 0. The second-order valence-corrected chi connectivity index (χ2v) is 7.13. The average molecular weight is 444 g/mol. The van der Waals surface area contributed by atoms with E-state index in [9.17, 15) is 22.8 Å². The number of hydrogen-bond donors (Lipinski definition) is 1. The highest BCUT2D eigenvalue weighted by atomic mass is 32.1. The van der Waals surface area contributed by atoms with Gasteiger partial charge < -0.3 is 4.74 Å². The molecule has 0 spiro atoms. The van der Waals surface area contributed by atoms with Crippen LogP contribution in [-0.2, 0) is 20.8 Å². The number of nitrogens with zero attached hydrogens (tertiary/aromatic N) is 1. The van der Waals surface area contributed by atoms with Crippen LogP contribution in [0, 0.1) is 6.92 Å². The van der Waals surface area contributed by atoms with Crippen LogP contribution < -0.4 is 10.1 Å². The van der Waals surface area contributed by atoms with Gasteiger partial charge in [-0.1, -0.05) is 13.3 Å². The zero-order chi connectivity index (χ0) is 22.7. The van der Waals surface area contributed by atoms with Crippen LogP contribution in [-0.4, -0.2) is 29.2 Å². The highest BCUT2D eigenvalue weighted by molar-refractivity contribution is 7.15. The number of thiazole rings is 1. The first kappa shape index (κ1) is 25.0. The number of anilines is 1. The maximum absolute atomic E-state index is 12.4. The van der Waals surface area contributed by atoms with Gasteiger partial charge >= 0.3 is 18.3 Å². The number of carbonyl (C=O) groups excluding carboxylic acids is 4. The minimum atomic E-state index is -4.32. The van der Waals surface area contributed by atoms with E-state index in [0.717, 1.165) is 30.4 Å². The minimum absolute atomic E-state index is 0.0170. The predicted molar refractivity (Wildman–Crippen MR) is 101 cm³/mol. The van der Waals surface area contributed by atoms with E-state index in [1.165, 1.54) is 12.1 Å². The number of unbranched alkanes of at least 4 members (excludes halogenated alkanes) is 1. The first-order chi connectivity index (χ1) is 14.1. The van der Waals surface area contributed by atoms with Crippen molar-refractivity contribution in [2.24, 2.45) is 0 Å². The molecule has 2 aromatic rings. The largest absolute Gasteiger partial charge is 0.426 e. The van der Waals surface area contributed by atoms with Gasteiger partial charge in [0.2, 0.25) is 0 Å². The molecule has 7 nitrogen and oxygen atoms in total. The molecule has 1 aromatic carbocycles. The van der Waals surface area contributed by atoms with Gasteiger partial charge in [-0.2, -0.15) is 22.8 Å². The molecule has 0 aliphatic rings. The molecule has 1 aromatic heterocycles. The molecule has 0 radical (unpaired) electrons. The molecule has 0 fully saturated rings. The molecule has 0 atom stereocenters. The van der Waals surface area contributed by atoms with Crippen LogP contribution in [0.1, 0.15) is 47.0 Å². The lowest BCUT2D eigenvalue weighted by Gasteiger charge is -2.09. The summed E-state index contributed by atoms with van der Waals surface area (Å²) in [4.78, 5) is 44.0. The second-order valence-electron chi connectivity index (χ2n) is 6.02. The Morgan fingerprint density at radius 2 is 1.93 bits per heavy atom. The van der Waals surface area contributed by atoms with Gasteiger partial charge in [-0.25, -0.2) is 4.98 Å². The molecule has 0 aliphatic heterocycles. The first-order valence-electron chi connectivity index (χ1n) is 8.73. The summed E-state index contributed by atoms with van der Waals surface area (Å²) in [6.07, 6.45) is -2.12. The lowest BCUT2D eigenvalue weighted by molar-refractivity contribution is -0.191. The Labute approximate surface area is 174 Å². The van der Waals surface area contributed by atoms with Gasteiger partial charge in [0.05, 0.1) is 6.42 Å². The molecule has 0 saturated carbocycles. The summed E-state index contributed by atoms with van der Waals surface area (Å²) >= 11 is 0.774. The highest BCUT2D eigenvalue weighted by Gasteiger charge is 2.29. The summed E-state index contributed by atoms with van der Waals surface area (Å²) in [5.74, 6) is -0.471. The molecule has 2 rings (SSSR count). The minimum Gasteiger partial charge on any atom is -0.426 e. The van der Waals surface area contributed by atoms with E-state index >= 15 is 0 Å². The number of carbonyl (C=O) groups is 2. The van der Waals surface area contributed by atoms with Crippen molar-refractivity contribution in [3.63, 3.8) is 0 Å². The number of esters is 1. The van der Waals surface area contributed by atoms with Crippen molar-refractivity contribution in [3.8, 4) is 5.75 Å². The molecule has 0 bridgehead atoms. The van der Waals surface area contributed by atoms with Crippen LogP contribution in [0.4, 0.5) is 18.3 Å². The smallest absolute Gasteiger partial charge is 0.393 e. The molecule has 11 heteroatoms. The number of halogens is 3. The normalized spacial score (nSPS) is 10.4. The third-order valence-corrected chi connectivity index (χ3v) is 4.46. The van der Waals surface area contributed by atoms with Crippen molar-refractivity contribution in [2.45, 2.75) is 45.7 Å². The summed E-state index contributed by atoms with van der Waals surface area (Å²) in [6, 6.07) is 4.54. The molecule has 0 unspecified atom stereocenters. The van der Waals surface area contributed by atoms with E-state index in [0.29, 0.717) is 17.7 Å². The van der Waals surface area contributed by atoms with Crippen LogP contribution in [0.3, 0.4) is 0 Å². The summed E-state index contributed by atoms with van der Waals surface area (Å²) in [5.41, 5.74) is 0.887. The van der Waals surface area contributed by atoms with Gasteiger partial charge in [0.15, 0.2) is 5.13 Å². The zero-order valence-corrected chi connectivity index (χ0v) is 17.0. The molecule has 0 saturated heterocycles. The second kappa shape index (κ2) is 11.8. The Morgan fingerprint density at radius 3 is 2.50 bits per heavy atom. The Hall–Kier alpha value is -3.04.